The van der Waals surface area contributed by atoms with Crippen LogP contribution in [0.3, 0.4) is 0 Å². The number of likely N-dealkylation sites (N-methyl/N-ethyl adjacent to an activating group) is 1. The maximum absolute atomic E-state index is 13.6. The topological polar surface area (TPSA) is 24.5 Å². The molecular formula is C18H25Cl2FN2O. The second kappa shape index (κ2) is 12.1. The monoisotopic (exact) mass is 374 g/mol. The Kier molecular flexibility index (Phi) is 11.4. The molecule has 0 radical (unpaired) electrons. The molecule has 0 amide bonds. The molecule has 0 aromatic heterocycles. The van der Waals surface area contributed by atoms with Crippen LogP contribution in [0.1, 0.15) is 11.1 Å². The molecule has 134 valence electrons. The zero-order valence-electron chi connectivity index (χ0n) is 14.0. The van der Waals surface area contributed by atoms with Crippen LogP contribution < -0.4 is 10.1 Å². The molecule has 0 aliphatic rings. The van der Waals surface area contributed by atoms with Gasteiger partial charge in [0.1, 0.15) is 18.2 Å². The van der Waals surface area contributed by atoms with E-state index >= 15 is 0 Å². The summed E-state index contributed by atoms with van der Waals surface area (Å²) in [6.07, 6.45) is 0. The Morgan fingerprint density at radius 3 is 2.25 bits per heavy atom. The summed E-state index contributed by atoms with van der Waals surface area (Å²) < 4.78 is 19.4. The lowest BCUT2D eigenvalue weighted by Gasteiger charge is -2.14. The molecule has 0 bridgehead atoms. The van der Waals surface area contributed by atoms with Gasteiger partial charge in [-0.1, -0.05) is 36.4 Å². The highest BCUT2D eigenvalue weighted by Crippen LogP contribution is 2.19. The minimum atomic E-state index is -0.232. The molecule has 0 spiro atoms. The highest BCUT2D eigenvalue weighted by Gasteiger charge is 2.05. The molecule has 0 saturated carbocycles. The smallest absolute Gasteiger partial charge is 0.129 e. The predicted octanol–water partition coefficient (Wildman–Crippen LogP) is 3.90. The van der Waals surface area contributed by atoms with Gasteiger partial charge in [-0.2, -0.15) is 0 Å². The first-order chi connectivity index (χ1) is 10.7. The molecule has 2 rings (SSSR count). The number of nitrogens with one attached hydrogen (secondary N) is 1. The van der Waals surface area contributed by atoms with Gasteiger partial charge in [0.2, 0.25) is 0 Å². The van der Waals surface area contributed by atoms with Crippen molar-refractivity contribution in [3.8, 4) is 5.75 Å². The maximum Gasteiger partial charge on any atom is 0.129 e. The van der Waals surface area contributed by atoms with Crippen molar-refractivity contribution < 1.29 is 9.13 Å². The summed E-state index contributed by atoms with van der Waals surface area (Å²) in [7, 11) is 4.10. The molecule has 2 aromatic rings. The molecule has 0 fully saturated rings. The van der Waals surface area contributed by atoms with Gasteiger partial charge in [-0.05, 0) is 26.2 Å². The second-order valence-electron chi connectivity index (χ2n) is 5.47. The van der Waals surface area contributed by atoms with E-state index in [-0.39, 0.29) is 37.2 Å². The minimum Gasteiger partial charge on any atom is -0.488 e. The van der Waals surface area contributed by atoms with Crippen molar-refractivity contribution in [1.29, 1.82) is 0 Å². The van der Waals surface area contributed by atoms with Gasteiger partial charge in [-0.15, -0.1) is 24.8 Å². The fourth-order valence-electron chi connectivity index (χ4n) is 2.09. The number of nitrogens with zero attached hydrogens (tertiary/aromatic N) is 1. The summed E-state index contributed by atoms with van der Waals surface area (Å²) >= 11 is 0. The lowest BCUT2D eigenvalue weighted by Crippen LogP contribution is -2.26. The molecule has 0 unspecified atom stereocenters. The van der Waals surface area contributed by atoms with E-state index in [1.165, 1.54) is 6.07 Å². The number of rotatable bonds is 8. The second-order valence-corrected chi connectivity index (χ2v) is 5.47. The summed E-state index contributed by atoms with van der Waals surface area (Å²) in [6, 6.07) is 14.6. The predicted molar refractivity (Wildman–Crippen MR) is 102 cm³/mol. The van der Waals surface area contributed by atoms with E-state index in [2.05, 4.69) is 10.2 Å². The largest absolute Gasteiger partial charge is 0.488 e. The lowest BCUT2D eigenvalue weighted by molar-refractivity contribution is 0.295. The van der Waals surface area contributed by atoms with Gasteiger partial charge in [0.15, 0.2) is 0 Å². The number of hydrogen-bond acceptors (Lipinski definition) is 3. The van der Waals surface area contributed by atoms with Crippen LogP contribution in [0.25, 0.3) is 0 Å². The molecule has 2 aromatic carbocycles. The van der Waals surface area contributed by atoms with Crippen LogP contribution in [-0.4, -0.2) is 32.1 Å². The van der Waals surface area contributed by atoms with E-state index in [1.807, 2.05) is 44.4 Å². The van der Waals surface area contributed by atoms with Gasteiger partial charge in [0.25, 0.3) is 0 Å². The van der Waals surface area contributed by atoms with Crippen LogP contribution in [0.4, 0.5) is 4.39 Å². The summed E-state index contributed by atoms with van der Waals surface area (Å²) in [5, 5.41) is 3.39. The molecule has 6 heteroatoms. The SMILES string of the molecule is CN(C)CCNCc1ccccc1OCc1ccccc1F.Cl.Cl. The first-order valence-electron chi connectivity index (χ1n) is 7.46. The first kappa shape index (κ1) is 22.7. The van der Waals surface area contributed by atoms with E-state index in [4.69, 9.17) is 4.74 Å². The van der Waals surface area contributed by atoms with Gasteiger partial charge in [-0.25, -0.2) is 4.39 Å². The number of halogens is 3. The van der Waals surface area contributed by atoms with Gasteiger partial charge in [0.05, 0.1) is 0 Å². The average molecular weight is 375 g/mol. The normalized spacial score (nSPS) is 10.0. The Morgan fingerprint density at radius 2 is 1.58 bits per heavy atom. The number of benzene rings is 2. The standard InChI is InChI=1S/C18H23FN2O.2ClH/c1-21(2)12-11-20-13-15-7-4-6-10-18(15)22-14-16-8-3-5-9-17(16)19;;/h3-10,20H,11-14H2,1-2H3;2*1H. The molecule has 0 saturated heterocycles. The Bertz CT molecular complexity index is 597. The maximum atomic E-state index is 13.6. The van der Waals surface area contributed by atoms with Crippen molar-refractivity contribution in [3.05, 3.63) is 65.5 Å². The molecule has 0 aliphatic heterocycles. The minimum absolute atomic E-state index is 0. The van der Waals surface area contributed by atoms with E-state index in [0.29, 0.717) is 5.56 Å². The van der Waals surface area contributed by atoms with E-state index in [9.17, 15) is 4.39 Å². The average Bonchev–Trinajstić information content (AvgIpc) is 2.51. The molecule has 0 atom stereocenters. The van der Waals surface area contributed by atoms with Crippen LogP contribution in [0.5, 0.6) is 5.75 Å². The van der Waals surface area contributed by atoms with Crippen LogP contribution >= 0.6 is 24.8 Å². The highest BCUT2D eigenvalue weighted by atomic mass is 35.5. The Labute approximate surface area is 156 Å². The highest BCUT2D eigenvalue weighted by molar-refractivity contribution is 5.85. The Morgan fingerprint density at radius 1 is 0.958 bits per heavy atom. The van der Waals surface area contributed by atoms with Gasteiger partial charge in [0, 0.05) is 30.8 Å². The van der Waals surface area contributed by atoms with Crippen molar-refractivity contribution in [3.63, 3.8) is 0 Å². The van der Waals surface area contributed by atoms with Gasteiger partial charge < -0.3 is 15.0 Å². The van der Waals surface area contributed by atoms with Crippen LogP contribution in [0, 0.1) is 5.82 Å². The van der Waals surface area contributed by atoms with Crippen LogP contribution in [-0.2, 0) is 13.2 Å². The van der Waals surface area contributed by atoms with E-state index < -0.39 is 0 Å². The molecular weight excluding hydrogens is 350 g/mol. The number of ether oxygens (including phenoxy) is 1. The zero-order valence-corrected chi connectivity index (χ0v) is 15.6. The molecule has 1 N–H and O–H groups in total. The zero-order chi connectivity index (χ0) is 15.8. The summed E-state index contributed by atoms with van der Waals surface area (Å²) in [6.45, 7) is 2.87. The van der Waals surface area contributed by atoms with Crippen molar-refractivity contribution in [2.75, 3.05) is 27.2 Å². The van der Waals surface area contributed by atoms with E-state index in [1.54, 1.807) is 12.1 Å². The van der Waals surface area contributed by atoms with Gasteiger partial charge >= 0.3 is 0 Å². The molecule has 24 heavy (non-hydrogen) atoms. The fraction of sp³-hybridized carbons (Fsp3) is 0.333. The number of hydrogen-bond donors (Lipinski definition) is 1. The van der Waals surface area contributed by atoms with E-state index in [0.717, 1.165) is 30.9 Å². The quantitative estimate of drug-likeness (QED) is 0.709. The molecule has 0 aliphatic carbocycles. The Balaban J connectivity index is 0.00000264. The lowest BCUT2D eigenvalue weighted by atomic mass is 10.2. The fourth-order valence-corrected chi connectivity index (χ4v) is 2.09. The van der Waals surface area contributed by atoms with Crippen molar-refractivity contribution in [2.45, 2.75) is 13.2 Å². The summed E-state index contributed by atoms with van der Waals surface area (Å²) in [5.74, 6) is 0.562. The van der Waals surface area contributed by atoms with Crippen LogP contribution in [0.15, 0.2) is 48.5 Å². The third kappa shape index (κ3) is 7.49. The Hall–Kier alpha value is -1.33. The summed E-state index contributed by atoms with van der Waals surface area (Å²) in [5.41, 5.74) is 1.65. The summed E-state index contributed by atoms with van der Waals surface area (Å²) in [4.78, 5) is 2.13. The van der Waals surface area contributed by atoms with Gasteiger partial charge in [-0.3, -0.25) is 0 Å². The van der Waals surface area contributed by atoms with Crippen molar-refractivity contribution in [1.82, 2.24) is 10.2 Å². The third-order valence-electron chi connectivity index (χ3n) is 3.36. The van der Waals surface area contributed by atoms with Crippen LogP contribution in [0.2, 0.25) is 0 Å². The molecule has 3 nitrogen and oxygen atoms in total. The van der Waals surface area contributed by atoms with Crippen molar-refractivity contribution in [2.24, 2.45) is 0 Å². The molecule has 0 heterocycles. The third-order valence-corrected chi connectivity index (χ3v) is 3.36. The van der Waals surface area contributed by atoms with Crippen molar-refractivity contribution >= 4 is 24.8 Å². The number of para-hydroxylation sites is 1. The first-order valence-corrected chi connectivity index (χ1v) is 7.46.